The molecule has 1 saturated heterocycles. The molecule has 0 saturated carbocycles. The Labute approximate surface area is 160 Å². The number of aromatic carboxylic acids is 1. The van der Waals surface area contributed by atoms with Crippen LogP contribution in [-0.2, 0) is 11.2 Å². The zero-order valence-corrected chi connectivity index (χ0v) is 15.8. The number of thioether (sulfide) groups is 1. The van der Waals surface area contributed by atoms with Gasteiger partial charge >= 0.3 is 5.97 Å². The third-order valence-corrected chi connectivity index (χ3v) is 5.43. The molecule has 1 aliphatic rings. The van der Waals surface area contributed by atoms with Crippen LogP contribution in [0.1, 0.15) is 39.2 Å². The normalized spacial score (nSPS) is 16.4. The topological polar surface area (TPSA) is 99.9 Å². The standard InChI is InChI=1S/C19H20N2O5S/c1-3-15-12(19(24)25)8-16(26-15)18(23)21-10-27-9-14(21)17(22)20-13-7-5-4-6-11(13)2/h4-8,14H,3,9-10H2,1-2H3,(H,20,22)(H,24,25). The van der Waals surface area contributed by atoms with Crippen LogP contribution < -0.4 is 5.32 Å². The second kappa shape index (κ2) is 7.87. The molecule has 1 aliphatic heterocycles. The highest BCUT2D eigenvalue weighted by Crippen LogP contribution is 2.27. The Bertz CT molecular complexity index is 892. The van der Waals surface area contributed by atoms with Gasteiger partial charge < -0.3 is 19.7 Å². The zero-order chi connectivity index (χ0) is 19.6. The predicted octanol–water partition coefficient (Wildman–Crippen LogP) is 3.00. The lowest BCUT2D eigenvalue weighted by Crippen LogP contribution is -2.44. The molecular weight excluding hydrogens is 368 g/mol. The molecule has 3 rings (SSSR count). The summed E-state index contributed by atoms with van der Waals surface area (Å²) in [4.78, 5) is 38.2. The van der Waals surface area contributed by atoms with Gasteiger partial charge in [-0.1, -0.05) is 25.1 Å². The molecule has 7 nitrogen and oxygen atoms in total. The summed E-state index contributed by atoms with van der Waals surface area (Å²) in [6.45, 7) is 3.65. The Balaban J connectivity index is 1.79. The molecule has 2 heterocycles. The average molecular weight is 388 g/mol. The number of carbonyl (C=O) groups is 3. The smallest absolute Gasteiger partial charge is 0.339 e. The van der Waals surface area contributed by atoms with Gasteiger partial charge in [0.2, 0.25) is 5.91 Å². The van der Waals surface area contributed by atoms with E-state index in [0.29, 0.717) is 23.7 Å². The van der Waals surface area contributed by atoms with Gasteiger partial charge in [-0.2, -0.15) is 0 Å². The third kappa shape index (κ3) is 3.85. The second-order valence-corrected chi connectivity index (χ2v) is 7.20. The predicted molar refractivity (Wildman–Crippen MR) is 102 cm³/mol. The van der Waals surface area contributed by atoms with Crippen LogP contribution in [0.5, 0.6) is 0 Å². The molecular formula is C19H20N2O5S. The maximum Gasteiger partial charge on any atom is 0.339 e. The number of nitrogens with zero attached hydrogens (tertiary/aromatic N) is 1. The second-order valence-electron chi connectivity index (χ2n) is 6.20. The van der Waals surface area contributed by atoms with Gasteiger partial charge in [0.05, 0.1) is 5.88 Å². The van der Waals surface area contributed by atoms with Gasteiger partial charge in [-0.05, 0) is 18.6 Å². The Morgan fingerprint density at radius 2 is 2.07 bits per heavy atom. The van der Waals surface area contributed by atoms with E-state index in [1.165, 1.54) is 22.7 Å². The Morgan fingerprint density at radius 1 is 1.33 bits per heavy atom. The van der Waals surface area contributed by atoms with Gasteiger partial charge in [0.15, 0.2) is 5.76 Å². The number of nitrogens with one attached hydrogen (secondary N) is 1. The van der Waals surface area contributed by atoms with E-state index in [-0.39, 0.29) is 23.0 Å². The largest absolute Gasteiger partial charge is 0.478 e. The van der Waals surface area contributed by atoms with Crippen LogP contribution in [0.3, 0.4) is 0 Å². The van der Waals surface area contributed by atoms with E-state index >= 15 is 0 Å². The lowest BCUT2D eigenvalue weighted by atomic mass is 10.2. The quantitative estimate of drug-likeness (QED) is 0.817. The summed E-state index contributed by atoms with van der Waals surface area (Å²) in [5, 5.41) is 12.1. The third-order valence-electron chi connectivity index (χ3n) is 4.42. The number of benzene rings is 1. The van der Waals surface area contributed by atoms with E-state index < -0.39 is 17.9 Å². The van der Waals surface area contributed by atoms with E-state index in [1.54, 1.807) is 13.0 Å². The molecule has 2 aromatic rings. The number of para-hydroxylation sites is 1. The first-order chi connectivity index (χ1) is 12.9. The van der Waals surface area contributed by atoms with Gasteiger partial charge in [0.1, 0.15) is 17.4 Å². The summed E-state index contributed by atoms with van der Waals surface area (Å²) in [6, 6.07) is 8.01. The molecule has 0 aliphatic carbocycles. The number of carbonyl (C=O) groups excluding carboxylic acids is 2. The van der Waals surface area contributed by atoms with E-state index in [4.69, 9.17) is 4.42 Å². The number of furan rings is 1. The van der Waals surface area contributed by atoms with Crippen LogP contribution in [0, 0.1) is 6.92 Å². The molecule has 8 heteroatoms. The summed E-state index contributed by atoms with van der Waals surface area (Å²) >= 11 is 1.47. The van der Waals surface area contributed by atoms with Crippen molar-refractivity contribution in [1.82, 2.24) is 4.90 Å². The van der Waals surface area contributed by atoms with Crippen molar-refractivity contribution in [1.29, 1.82) is 0 Å². The van der Waals surface area contributed by atoms with Crippen LogP contribution in [0.25, 0.3) is 0 Å². The Morgan fingerprint density at radius 3 is 2.70 bits per heavy atom. The van der Waals surface area contributed by atoms with Gasteiger partial charge in [0.25, 0.3) is 5.91 Å². The van der Waals surface area contributed by atoms with Gasteiger partial charge in [-0.25, -0.2) is 4.79 Å². The van der Waals surface area contributed by atoms with Crippen LogP contribution in [-0.4, -0.2) is 45.5 Å². The summed E-state index contributed by atoms with van der Waals surface area (Å²) in [5.41, 5.74) is 1.61. The lowest BCUT2D eigenvalue weighted by Gasteiger charge is -2.22. The minimum Gasteiger partial charge on any atom is -0.478 e. The molecule has 142 valence electrons. The molecule has 2 N–H and O–H groups in total. The van der Waals surface area contributed by atoms with Crippen molar-refractivity contribution in [3.63, 3.8) is 0 Å². The minimum absolute atomic E-state index is 0.0198. The number of carboxylic acids is 1. The highest BCUT2D eigenvalue weighted by atomic mass is 32.2. The number of rotatable bonds is 5. The number of amides is 2. The maximum atomic E-state index is 12.8. The fourth-order valence-electron chi connectivity index (χ4n) is 2.91. The van der Waals surface area contributed by atoms with Crippen LogP contribution in [0.2, 0.25) is 0 Å². The van der Waals surface area contributed by atoms with E-state index in [2.05, 4.69) is 5.32 Å². The van der Waals surface area contributed by atoms with E-state index in [1.807, 2.05) is 25.1 Å². The zero-order valence-electron chi connectivity index (χ0n) is 15.0. The molecule has 1 aromatic heterocycles. The lowest BCUT2D eigenvalue weighted by molar-refractivity contribution is -0.119. The van der Waals surface area contributed by atoms with Crippen LogP contribution >= 0.6 is 11.8 Å². The van der Waals surface area contributed by atoms with Crippen LogP contribution in [0.4, 0.5) is 5.69 Å². The van der Waals surface area contributed by atoms with Gasteiger partial charge in [0, 0.05) is 23.9 Å². The molecule has 1 atom stereocenters. The monoisotopic (exact) mass is 388 g/mol. The SMILES string of the molecule is CCc1oc(C(=O)N2CSCC2C(=O)Nc2ccccc2C)cc1C(=O)O. The number of hydrogen-bond acceptors (Lipinski definition) is 5. The highest BCUT2D eigenvalue weighted by Gasteiger charge is 2.37. The first kappa shape index (κ1) is 19.0. The molecule has 1 unspecified atom stereocenters. The molecule has 0 bridgehead atoms. The molecule has 0 spiro atoms. The summed E-state index contributed by atoms with van der Waals surface area (Å²) < 4.78 is 5.45. The van der Waals surface area contributed by atoms with Crippen molar-refractivity contribution in [2.75, 3.05) is 16.9 Å². The Hall–Kier alpha value is -2.74. The van der Waals surface area contributed by atoms with E-state index in [0.717, 1.165) is 5.56 Å². The molecule has 1 aromatic carbocycles. The van der Waals surface area contributed by atoms with Crippen molar-refractivity contribution in [3.05, 3.63) is 53.0 Å². The molecule has 0 radical (unpaired) electrons. The van der Waals surface area contributed by atoms with Crippen molar-refractivity contribution < 1.29 is 23.9 Å². The van der Waals surface area contributed by atoms with Crippen molar-refractivity contribution >= 4 is 35.2 Å². The van der Waals surface area contributed by atoms with Crippen LogP contribution in [0.15, 0.2) is 34.7 Å². The van der Waals surface area contributed by atoms with Crippen molar-refractivity contribution in [2.24, 2.45) is 0 Å². The molecule has 27 heavy (non-hydrogen) atoms. The van der Waals surface area contributed by atoms with Gasteiger partial charge in [-0.3, -0.25) is 9.59 Å². The number of aryl methyl sites for hydroxylation is 2. The number of hydrogen-bond donors (Lipinski definition) is 2. The maximum absolute atomic E-state index is 12.8. The number of anilines is 1. The highest BCUT2D eigenvalue weighted by molar-refractivity contribution is 7.99. The summed E-state index contributed by atoms with van der Waals surface area (Å²) in [7, 11) is 0. The van der Waals surface area contributed by atoms with Gasteiger partial charge in [-0.15, -0.1) is 11.8 Å². The number of carboxylic acid groups (broad SMARTS) is 1. The van der Waals surface area contributed by atoms with Crippen molar-refractivity contribution in [3.8, 4) is 0 Å². The summed E-state index contributed by atoms with van der Waals surface area (Å²) in [6.07, 6.45) is 0.362. The first-order valence-electron chi connectivity index (χ1n) is 8.53. The summed E-state index contributed by atoms with van der Waals surface area (Å²) in [5.74, 6) is -0.889. The minimum atomic E-state index is -1.14. The Kier molecular flexibility index (Phi) is 5.55. The molecule has 1 fully saturated rings. The van der Waals surface area contributed by atoms with Crippen molar-refractivity contribution in [2.45, 2.75) is 26.3 Å². The molecule has 2 amide bonds. The fraction of sp³-hybridized carbons (Fsp3) is 0.316. The fourth-order valence-corrected chi connectivity index (χ4v) is 4.06. The average Bonchev–Trinajstić information content (AvgIpc) is 3.30. The first-order valence-corrected chi connectivity index (χ1v) is 9.69. The van der Waals surface area contributed by atoms with E-state index in [9.17, 15) is 19.5 Å².